The summed E-state index contributed by atoms with van der Waals surface area (Å²) in [4.78, 5) is 16.9. The number of imidazole rings is 1. The fourth-order valence-electron chi connectivity index (χ4n) is 3.12. The summed E-state index contributed by atoms with van der Waals surface area (Å²) in [6.07, 6.45) is 3.68. The molecule has 0 unspecified atom stereocenters. The Labute approximate surface area is 173 Å². The minimum atomic E-state index is -3.27. The standard InChI is InChI=1S/C21H20N4O4S/c1-30(27,28)16-9-7-15(8-10-16)20-13-18(24-29-20)21(26)22-11-4-12-25-14-23-17-5-2-3-6-19(17)25/h2-3,5-10,13-14H,4,11-12H2,1H3,(H,22,26). The van der Waals surface area contributed by atoms with Crippen molar-refractivity contribution in [1.82, 2.24) is 20.0 Å². The largest absolute Gasteiger partial charge is 0.355 e. The van der Waals surface area contributed by atoms with Crippen LogP contribution in [0.2, 0.25) is 0 Å². The van der Waals surface area contributed by atoms with E-state index in [2.05, 4.69) is 20.0 Å². The lowest BCUT2D eigenvalue weighted by Crippen LogP contribution is -2.25. The second kappa shape index (κ2) is 8.11. The predicted molar refractivity (Wildman–Crippen MR) is 112 cm³/mol. The average Bonchev–Trinajstić information content (AvgIpc) is 3.38. The zero-order valence-corrected chi connectivity index (χ0v) is 17.1. The molecule has 0 spiro atoms. The van der Waals surface area contributed by atoms with E-state index in [1.807, 2.05) is 24.3 Å². The molecule has 2 aromatic carbocycles. The van der Waals surface area contributed by atoms with Gasteiger partial charge in [0.1, 0.15) is 0 Å². The molecule has 0 aliphatic carbocycles. The van der Waals surface area contributed by atoms with Crippen LogP contribution < -0.4 is 5.32 Å². The lowest BCUT2D eigenvalue weighted by Gasteiger charge is -2.05. The third-order valence-electron chi connectivity index (χ3n) is 4.70. The van der Waals surface area contributed by atoms with Gasteiger partial charge in [-0.05, 0) is 42.8 Å². The highest BCUT2D eigenvalue weighted by Gasteiger charge is 2.14. The Morgan fingerprint density at radius 1 is 1.13 bits per heavy atom. The lowest BCUT2D eigenvalue weighted by molar-refractivity contribution is 0.0944. The summed E-state index contributed by atoms with van der Waals surface area (Å²) in [6, 6.07) is 15.7. The Balaban J connectivity index is 1.33. The normalized spacial score (nSPS) is 11.6. The highest BCUT2D eigenvalue weighted by molar-refractivity contribution is 7.90. The lowest BCUT2D eigenvalue weighted by atomic mass is 10.1. The van der Waals surface area contributed by atoms with Crippen LogP contribution in [0.4, 0.5) is 0 Å². The minimum absolute atomic E-state index is 0.172. The van der Waals surface area contributed by atoms with Crippen molar-refractivity contribution in [3.05, 3.63) is 66.6 Å². The first-order valence-electron chi connectivity index (χ1n) is 9.37. The van der Waals surface area contributed by atoms with Crippen LogP contribution in [0.1, 0.15) is 16.9 Å². The average molecular weight is 424 g/mol. The molecule has 1 N–H and O–H groups in total. The summed E-state index contributed by atoms with van der Waals surface area (Å²) in [5.74, 6) is 0.0679. The predicted octanol–water partition coefficient (Wildman–Crippen LogP) is 2.91. The summed E-state index contributed by atoms with van der Waals surface area (Å²) in [7, 11) is -3.27. The van der Waals surface area contributed by atoms with Gasteiger partial charge in [-0.25, -0.2) is 13.4 Å². The number of nitrogens with zero attached hydrogens (tertiary/aromatic N) is 3. The SMILES string of the molecule is CS(=O)(=O)c1ccc(-c2cc(C(=O)NCCCn3cnc4ccccc43)no2)cc1. The van der Waals surface area contributed by atoms with Crippen LogP contribution in [-0.4, -0.2) is 41.8 Å². The molecule has 4 rings (SSSR count). The smallest absolute Gasteiger partial charge is 0.273 e. The van der Waals surface area contributed by atoms with E-state index in [4.69, 9.17) is 4.52 Å². The molecule has 0 bridgehead atoms. The van der Waals surface area contributed by atoms with E-state index in [1.165, 1.54) is 18.2 Å². The van der Waals surface area contributed by atoms with Crippen molar-refractivity contribution in [2.75, 3.05) is 12.8 Å². The van der Waals surface area contributed by atoms with E-state index < -0.39 is 9.84 Å². The van der Waals surface area contributed by atoms with Gasteiger partial charge >= 0.3 is 0 Å². The highest BCUT2D eigenvalue weighted by Crippen LogP contribution is 2.22. The van der Waals surface area contributed by atoms with Crippen molar-refractivity contribution in [2.24, 2.45) is 0 Å². The fourth-order valence-corrected chi connectivity index (χ4v) is 3.75. The highest BCUT2D eigenvalue weighted by atomic mass is 32.2. The number of fused-ring (bicyclic) bond motifs is 1. The number of carbonyl (C=O) groups is 1. The van der Waals surface area contributed by atoms with Crippen molar-refractivity contribution < 1.29 is 17.7 Å². The van der Waals surface area contributed by atoms with Crippen LogP contribution in [0.3, 0.4) is 0 Å². The van der Waals surface area contributed by atoms with Crippen molar-refractivity contribution in [1.29, 1.82) is 0 Å². The molecule has 0 aliphatic rings. The van der Waals surface area contributed by atoms with Gasteiger partial charge in [0.05, 0.1) is 22.3 Å². The maximum atomic E-state index is 12.3. The number of nitrogens with one attached hydrogen (secondary N) is 1. The molecule has 9 heteroatoms. The van der Waals surface area contributed by atoms with Gasteiger partial charge in [-0.15, -0.1) is 0 Å². The molecule has 0 fully saturated rings. The molecule has 154 valence electrons. The van der Waals surface area contributed by atoms with E-state index in [-0.39, 0.29) is 16.5 Å². The molecule has 4 aromatic rings. The molecule has 30 heavy (non-hydrogen) atoms. The van der Waals surface area contributed by atoms with Crippen LogP contribution in [0.15, 0.2) is 70.3 Å². The number of amides is 1. The molecule has 0 saturated carbocycles. The third-order valence-corrected chi connectivity index (χ3v) is 5.83. The third kappa shape index (κ3) is 4.25. The number of aryl methyl sites for hydroxylation is 1. The maximum absolute atomic E-state index is 12.3. The minimum Gasteiger partial charge on any atom is -0.355 e. The van der Waals surface area contributed by atoms with E-state index in [0.717, 1.165) is 30.3 Å². The Morgan fingerprint density at radius 2 is 1.90 bits per heavy atom. The molecule has 0 saturated heterocycles. The Bertz CT molecular complexity index is 1290. The van der Waals surface area contributed by atoms with Gasteiger partial charge < -0.3 is 14.4 Å². The Hall–Kier alpha value is -3.46. The molecule has 2 heterocycles. The van der Waals surface area contributed by atoms with Crippen LogP contribution >= 0.6 is 0 Å². The summed E-state index contributed by atoms with van der Waals surface area (Å²) >= 11 is 0. The first kappa shape index (κ1) is 19.8. The molecule has 2 aromatic heterocycles. The summed E-state index contributed by atoms with van der Waals surface area (Å²) in [5, 5.41) is 6.64. The van der Waals surface area contributed by atoms with Crippen molar-refractivity contribution in [3.8, 4) is 11.3 Å². The molecular formula is C21H20N4O4S. The van der Waals surface area contributed by atoms with Crippen LogP contribution in [-0.2, 0) is 16.4 Å². The van der Waals surface area contributed by atoms with E-state index in [1.54, 1.807) is 18.5 Å². The van der Waals surface area contributed by atoms with Crippen LogP contribution in [0, 0.1) is 0 Å². The van der Waals surface area contributed by atoms with Gasteiger partial charge in [0, 0.05) is 31.0 Å². The number of hydrogen-bond acceptors (Lipinski definition) is 6. The molecule has 0 atom stereocenters. The number of sulfone groups is 1. The molecular weight excluding hydrogens is 404 g/mol. The molecule has 0 radical (unpaired) electrons. The monoisotopic (exact) mass is 424 g/mol. The van der Waals surface area contributed by atoms with Crippen LogP contribution in [0.25, 0.3) is 22.4 Å². The molecule has 1 amide bonds. The molecule has 0 aliphatic heterocycles. The summed E-state index contributed by atoms with van der Waals surface area (Å²) in [5.41, 5.74) is 2.82. The number of aromatic nitrogens is 3. The molecule has 8 nitrogen and oxygen atoms in total. The number of para-hydroxylation sites is 2. The zero-order valence-electron chi connectivity index (χ0n) is 16.3. The second-order valence-corrected chi connectivity index (χ2v) is 8.92. The van der Waals surface area contributed by atoms with E-state index in [9.17, 15) is 13.2 Å². The summed E-state index contributed by atoms with van der Waals surface area (Å²) in [6.45, 7) is 1.22. The first-order chi connectivity index (χ1) is 14.4. The van der Waals surface area contributed by atoms with E-state index in [0.29, 0.717) is 17.9 Å². The van der Waals surface area contributed by atoms with Gasteiger partial charge in [-0.3, -0.25) is 4.79 Å². The number of carbonyl (C=O) groups excluding carboxylic acids is 1. The van der Waals surface area contributed by atoms with Crippen molar-refractivity contribution in [2.45, 2.75) is 17.9 Å². The van der Waals surface area contributed by atoms with Gasteiger partial charge in [0.25, 0.3) is 5.91 Å². The van der Waals surface area contributed by atoms with Crippen LogP contribution in [0.5, 0.6) is 0 Å². The quantitative estimate of drug-likeness (QED) is 0.457. The Kier molecular flexibility index (Phi) is 5.37. The first-order valence-corrected chi connectivity index (χ1v) is 11.3. The number of benzene rings is 2. The van der Waals surface area contributed by atoms with Gasteiger partial charge in [0.15, 0.2) is 21.3 Å². The zero-order chi connectivity index (χ0) is 21.1. The Morgan fingerprint density at radius 3 is 2.67 bits per heavy atom. The van der Waals surface area contributed by atoms with Gasteiger partial charge in [0.2, 0.25) is 0 Å². The fraction of sp³-hybridized carbons (Fsp3) is 0.190. The second-order valence-electron chi connectivity index (χ2n) is 6.91. The van der Waals surface area contributed by atoms with Gasteiger partial charge in [-0.1, -0.05) is 17.3 Å². The van der Waals surface area contributed by atoms with E-state index >= 15 is 0 Å². The number of rotatable bonds is 7. The van der Waals surface area contributed by atoms with Gasteiger partial charge in [-0.2, -0.15) is 0 Å². The maximum Gasteiger partial charge on any atom is 0.273 e. The van der Waals surface area contributed by atoms with Crippen molar-refractivity contribution >= 4 is 26.8 Å². The van der Waals surface area contributed by atoms with Crippen molar-refractivity contribution in [3.63, 3.8) is 0 Å². The number of hydrogen-bond donors (Lipinski definition) is 1. The topological polar surface area (TPSA) is 107 Å². The summed E-state index contributed by atoms with van der Waals surface area (Å²) < 4.78 is 30.4.